The van der Waals surface area contributed by atoms with Gasteiger partial charge in [-0.15, -0.1) is 0 Å². The first-order valence-corrected chi connectivity index (χ1v) is 7.80. The predicted molar refractivity (Wildman–Crippen MR) is 86.0 cm³/mol. The number of rotatable bonds is 3. The van der Waals surface area contributed by atoms with Crippen molar-refractivity contribution < 1.29 is 18.3 Å². The highest BCUT2D eigenvalue weighted by Gasteiger charge is 2.25. The van der Waals surface area contributed by atoms with E-state index in [1.165, 1.54) is 6.07 Å². The summed E-state index contributed by atoms with van der Waals surface area (Å²) in [5.74, 6) is -1.82. The van der Waals surface area contributed by atoms with Gasteiger partial charge in [0.15, 0.2) is 0 Å². The SMILES string of the molecule is CCOC(=O)C(C)C1=CCCc2c1ccc1c(F)cc(F)cc21. The maximum atomic E-state index is 14.0. The topological polar surface area (TPSA) is 26.3 Å². The molecule has 2 aromatic carbocycles. The molecule has 1 aliphatic rings. The average molecular weight is 316 g/mol. The van der Waals surface area contributed by atoms with Crippen molar-refractivity contribution in [2.75, 3.05) is 6.61 Å². The number of ether oxygens (including phenoxy) is 1. The molecule has 0 aromatic heterocycles. The smallest absolute Gasteiger partial charge is 0.313 e. The van der Waals surface area contributed by atoms with E-state index in [0.717, 1.165) is 29.2 Å². The number of aryl methyl sites for hydroxylation is 1. The molecule has 0 aliphatic heterocycles. The van der Waals surface area contributed by atoms with Crippen molar-refractivity contribution in [1.29, 1.82) is 0 Å². The van der Waals surface area contributed by atoms with Gasteiger partial charge in [-0.2, -0.15) is 0 Å². The number of hydrogen-bond acceptors (Lipinski definition) is 2. The molecule has 3 rings (SSSR count). The molecule has 23 heavy (non-hydrogen) atoms. The Balaban J connectivity index is 2.13. The minimum atomic E-state index is -0.585. The summed E-state index contributed by atoms with van der Waals surface area (Å²) in [6, 6.07) is 5.74. The van der Waals surface area contributed by atoms with Crippen LogP contribution in [0.15, 0.2) is 30.3 Å². The van der Waals surface area contributed by atoms with E-state index >= 15 is 0 Å². The average Bonchev–Trinajstić information content (AvgIpc) is 2.53. The van der Waals surface area contributed by atoms with Crippen LogP contribution in [0.25, 0.3) is 16.3 Å². The highest BCUT2D eigenvalue weighted by Crippen LogP contribution is 2.37. The molecule has 0 saturated heterocycles. The zero-order chi connectivity index (χ0) is 16.6. The lowest BCUT2D eigenvalue weighted by atomic mass is 9.82. The van der Waals surface area contributed by atoms with Gasteiger partial charge in [0.2, 0.25) is 0 Å². The molecule has 0 saturated carbocycles. The van der Waals surface area contributed by atoms with Gasteiger partial charge in [0.25, 0.3) is 0 Å². The second-order valence-corrected chi connectivity index (χ2v) is 5.75. The van der Waals surface area contributed by atoms with Crippen molar-refractivity contribution in [1.82, 2.24) is 0 Å². The Kier molecular flexibility index (Phi) is 4.16. The third-order valence-electron chi connectivity index (χ3n) is 4.34. The molecule has 0 spiro atoms. The Morgan fingerprint density at radius 1 is 1.26 bits per heavy atom. The summed E-state index contributed by atoms with van der Waals surface area (Å²) < 4.78 is 32.7. The van der Waals surface area contributed by atoms with Gasteiger partial charge in [-0.3, -0.25) is 4.79 Å². The standard InChI is InChI=1S/C19H18F2O2/c1-3-23-19(22)11(2)13-5-4-6-14-15(13)7-8-16-17(14)9-12(20)10-18(16)21/h5,7-11H,3-4,6H2,1-2H3. The van der Waals surface area contributed by atoms with E-state index in [1.54, 1.807) is 19.9 Å². The van der Waals surface area contributed by atoms with Gasteiger partial charge in [-0.1, -0.05) is 18.2 Å². The number of hydrogen-bond donors (Lipinski definition) is 0. The van der Waals surface area contributed by atoms with Crippen LogP contribution in [-0.4, -0.2) is 12.6 Å². The summed E-state index contributed by atoms with van der Waals surface area (Å²) in [5.41, 5.74) is 2.65. The molecule has 0 fully saturated rings. The minimum Gasteiger partial charge on any atom is -0.466 e. The van der Waals surface area contributed by atoms with Crippen molar-refractivity contribution >= 4 is 22.3 Å². The highest BCUT2D eigenvalue weighted by atomic mass is 19.1. The van der Waals surface area contributed by atoms with Crippen molar-refractivity contribution in [3.8, 4) is 0 Å². The molecule has 0 bridgehead atoms. The molecule has 2 aromatic rings. The Labute approximate surface area is 133 Å². The molecule has 0 amide bonds. The fourth-order valence-electron chi connectivity index (χ4n) is 3.24. The molecule has 2 nitrogen and oxygen atoms in total. The number of benzene rings is 2. The molecular formula is C19H18F2O2. The third kappa shape index (κ3) is 2.74. The fourth-order valence-corrected chi connectivity index (χ4v) is 3.24. The number of fused-ring (bicyclic) bond motifs is 3. The summed E-state index contributed by atoms with van der Waals surface area (Å²) in [4.78, 5) is 12.0. The quantitative estimate of drug-likeness (QED) is 0.771. The zero-order valence-corrected chi connectivity index (χ0v) is 13.2. The van der Waals surface area contributed by atoms with Gasteiger partial charge in [0.1, 0.15) is 11.6 Å². The number of carbonyl (C=O) groups excluding carboxylic acids is 1. The number of halogens is 2. The van der Waals surface area contributed by atoms with E-state index in [0.29, 0.717) is 23.8 Å². The second kappa shape index (κ2) is 6.11. The molecule has 1 unspecified atom stereocenters. The van der Waals surface area contributed by atoms with Crippen LogP contribution in [0.5, 0.6) is 0 Å². The maximum absolute atomic E-state index is 14.0. The number of esters is 1. The molecule has 120 valence electrons. The van der Waals surface area contributed by atoms with Gasteiger partial charge in [0, 0.05) is 11.5 Å². The molecule has 0 N–H and O–H groups in total. The van der Waals surface area contributed by atoms with E-state index in [2.05, 4.69) is 0 Å². The minimum absolute atomic E-state index is 0.280. The summed E-state index contributed by atoms with van der Waals surface area (Å²) in [6.07, 6.45) is 3.46. The molecule has 1 aliphatic carbocycles. The van der Waals surface area contributed by atoms with Crippen LogP contribution >= 0.6 is 0 Å². The van der Waals surface area contributed by atoms with E-state index in [1.807, 2.05) is 12.1 Å². The van der Waals surface area contributed by atoms with Crippen LogP contribution in [-0.2, 0) is 16.0 Å². The zero-order valence-electron chi connectivity index (χ0n) is 13.2. The lowest BCUT2D eigenvalue weighted by Crippen LogP contribution is -2.18. The predicted octanol–water partition coefficient (Wildman–Crippen LogP) is 4.65. The van der Waals surface area contributed by atoms with Crippen molar-refractivity contribution in [2.45, 2.75) is 26.7 Å². The van der Waals surface area contributed by atoms with Gasteiger partial charge >= 0.3 is 5.97 Å². The largest absolute Gasteiger partial charge is 0.466 e. The van der Waals surface area contributed by atoms with E-state index in [9.17, 15) is 13.6 Å². The Bertz CT molecular complexity index is 809. The Morgan fingerprint density at radius 2 is 2.04 bits per heavy atom. The lowest BCUT2D eigenvalue weighted by molar-refractivity contribution is -0.145. The van der Waals surface area contributed by atoms with Crippen LogP contribution in [0.4, 0.5) is 8.78 Å². The number of carbonyl (C=O) groups is 1. The van der Waals surface area contributed by atoms with E-state index < -0.39 is 17.6 Å². The first-order chi connectivity index (χ1) is 11.0. The lowest BCUT2D eigenvalue weighted by Gasteiger charge is -2.23. The number of allylic oxidation sites excluding steroid dienone is 1. The highest BCUT2D eigenvalue weighted by molar-refractivity contribution is 5.95. The molecule has 0 radical (unpaired) electrons. The fraction of sp³-hybridized carbons (Fsp3) is 0.316. The normalized spacial score (nSPS) is 15.0. The van der Waals surface area contributed by atoms with Crippen LogP contribution in [0.3, 0.4) is 0 Å². The van der Waals surface area contributed by atoms with Gasteiger partial charge in [-0.05, 0) is 54.8 Å². The first kappa shape index (κ1) is 15.7. The summed E-state index contributed by atoms with van der Waals surface area (Å²) in [7, 11) is 0. The van der Waals surface area contributed by atoms with Gasteiger partial charge < -0.3 is 4.74 Å². The van der Waals surface area contributed by atoms with Gasteiger partial charge in [-0.25, -0.2) is 8.78 Å². The van der Waals surface area contributed by atoms with Crippen molar-refractivity contribution in [2.24, 2.45) is 5.92 Å². The summed E-state index contributed by atoms with van der Waals surface area (Å²) >= 11 is 0. The van der Waals surface area contributed by atoms with E-state index in [4.69, 9.17) is 4.74 Å². The van der Waals surface area contributed by atoms with Crippen LogP contribution in [0.2, 0.25) is 0 Å². The first-order valence-electron chi connectivity index (χ1n) is 7.80. The third-order valence-corrected chi connectivity index (χ3v) is 4.34. The molecular weight excluding hydrogens is 298 g/mol. The van der Waals surface area contributed by atoms with Crippen LogP contribution in [0, 0.1) is 17.6 Å². The summed E-state index contributed by atoms with van der Waals surface area (Å²) in [6.45, 7) is 3.90. The van der Waals surface area contributed by atoms with Gasteiger partial charge in [0.05, 0.1) is 12.5 Å². The summed E-state index contributed by atoms with van der Waals surface area (Å²) in [5, 5.41) is 0.997. The molecule has 4 heteroatoms. The molecule has 0 heterocycles. The maximum Gasteiger partial charge on any atom is 0.313 e. The second-order valence-electron chi connectivity index (χ2n) is 5.75. The van der Waals surface area contributed by atoms with Crippen LogP contribution < -0.4 is 0 Å². The van der Waals surface area contributed by atoms with Crippen molar-refractivity contribution in [3.63, 3.8) is 0 Å². The Morgan fingerprint density at radius 3 is 2.78 bits per heavy atom. The Hall–Kier alpha value is -2.23. The monoisotopic (exact) mass is 316 g/mol. The molecule has 1 atom stereocenters. The van der Waals surface area contributed by atoms with Crippen molar-refractivity contribution in [3.05, 3.63) is 53.1 Å². The van der Waals surface area contributed by atoms with Crippen LogP contribution in [0.1, 0.15) is 31.4 Å². The van der Waals surface area contributed by atoms with E-state index in [-0.39, 0.29) is 5.97 Å².